The Kier molecular flexibility index (Phi) is 424. The minimum Gasteiger partial charge on any atom is -0.461 e. The molecule has 0 saturated carbocycles. The Labute approximate surface area is 1480 Å². The van der Waals surface area contributed by atoms with Gasteiger partial charge in [0, 0.05) is 1050 Å². The summed E-state index contributed by atoms with van der Waals surface area (Å²) >= 11 is 1.52. The molecule has 3 aromatic heterocycles. The van der Waals surface area contributed by atoms with E-state index in [-0.39, 0.29) is 1120 Å². The van der Waals surface area contributed by atoms with Gasteiger partial charge in [-0.2, -0.15) is 0 Å². The average Bonchev–Trinajstić information content (AvgIpc) is 4.18. The van der Waals surface area contributed by atoms with Gasteiger partial charge in [-0.05, 0) is 50.3 Å². The van der Waals surface area contributed by atoms with Crippen molar-refractivity contribution in [2.45, 2.75) is 60.6 Å². The van der Waals surface area contributed by atoms with Gasteiger partial charge in [-0.15, -0.1) is 0 Å². The Bertz CT molecular complexity index is 2960. The number of hydrogen-bond donors (Lipinski definition) is 0. The Balaban J connectivity index is -0.0000000145. The molecule has 0 unspecified atom stereocenters. The number of ketones is 1. The smallest absolute Gasteiger partial charge is 0.256 e. The van der Waals surface area contributed by atoms with E-state index in [1.165, 1.54) is 22.9 Å². The van der Waals surface area contributed by atoms with E-state index in [9.17, 15) is 4.79 Å². The second kappa shape index (κ2) is 177. The van der Waals surface area contributed by atoms with Crippen LogP contribution in [-0.4, -0.2) is 22.0 Å². The molecular weight excluding hydrogens is 3780 g/mol. The summed E-state index contributed by atoms with van der Waals surface area (Å²) in [7, 11) is 0. The maximum atomic E-state index is 11.1. The van der Waals surface area contributed by atoms with Crippen LogP contribution in [0.3, 0.4) is 0 Å². The second-order valence-electron chi connectivity index (χ2n) is 15.0. The molecule has 10 rings (SSSR count). The minimum absolute atomic E-state index is 0. The largest absolute Gasteiger partial charge is 0.461 e. The topological polar surface area (TPSA) is 82.3 Å². The van der Waals surface area contributed by atoms with E-state index in [1.54, 1.807) is 6.92 Å². The summed E-state index contributed by atoms with van der Waals surface area (Å²) in [5.74, 6) is 4.35. The number of hydrogen-bond acceptors (Lipinski definition) is 7. The van der Waals surface area contributed by atoms with Crippen molar-refractivity contribution in [3.8, 4) is 67.6 Å². The first kappa shape index (κ1) is 270. The molecule has 7 aromatic carbocycles. The SMILES string of the molecule is CC.CC.CC(=O)c1ccc(-c2ccccc2)cc1.CSc1nc(-c2ccccc2)c(-c2ccccc2)o1.Cc1ccc(-c2ccc(C)o2)cc1.Cc1nc(-c2ccccc2)c(-c2ccccc2)o1.[CH3-].[CH3-].[CH3-].[CH3-].[CH3-].[CH3-].[CH3-].[CH3-].[CH3-].[CH3-].[CH3-].[CH3-].[CH3-].[Y].[Y].[Y].[Y].[Y].[Y].[Y].[Y].[Y].[Y].[Y].[Y].[Y].[Y].[Y].[Y].[Y].[Y].[Y].[Y].[Y].[Y].[Y].[Y].[Y].[Y].[Y].[Y].[Y].[Y].[Y]. The monoisotopic (exact) mass is 3880 g/mol. The van der Waals surface area contributed by atoms with Crippen LogP contribution in [-0.2, 0) is 1010 Å². The van der Waals surface area contributed by atoms with Crippen molar-refractivity contribution < 1.29 is 1030 Å². The zero-order valence-electron chi connectivity index (χ0n) is 72.0. The molecule has 0 saturated heterocycles. The summed E-state index contributed by atoms with van der Waals surface area (Å²) in [6, 6.07) is 70.5. The molecule has 0 atom stereocenters. The molecule has 113 heavy (non-hydrogen) atoms. The van der Waals surface area contributed by atoms with Gasteiger partial charge in [0.2, 0.25) is 0 Å². The van der Waals surface area contributed by atoms with Gasteiger partial charge in [-0.3, -0.25) is 4.79 Å². The summed E-state index contributed by atoms with van der Waals surface area (Å²) in [6.07, 6.45) is 1.97. The molecule has 0 aliphatic carbocycles. The van der Waals surface area contributed by atoms with E-state index in [0.29, 0.717) is 11.1 Å². The summed E-state index contributed by atoms with van der Waals surface area (Å²) in [5, 5.41) is 0.692. The van der Waals surface area contributed by atoms with Crippen LogP contribution in [0.15, 0.2) is 231 Å². The number of aryl methyl sites for hydroxylation is 3. The number of aromatic nitrogens is 2. The number of carbonyl (C=O) groups excluding carboxylic acids is 1. The molecule has 0 aliphatic heterocycles. The molecule has 31 radical (unpaired) electrons. The number of Topliss-reactive ketones (excluding diaryl/α,β-unsaturated/α-hetero) is 1. The first-order valence-electron chi connectivity index (χ1n) is 23.3. The van der Waals surface area contributed by atoms with Crippen LogP contribution in [0.4, 0.5) is 0 Å². The molecule has 0 aliphatic rings. The van der Waals surface area contributed by atoms with Gasteiger partial charge in [0.15, 0.2) is 23.2 Å². The van der Waals surface area contributed by atoms with E-state index in [0.717, 1.165) is 73.4 Å². The molecular formula is C75H101N2O4SY31-13. The number of rotatable bonds is 8. The minimum atomic E-state index is 0. The summed E-state index contributed by atoms with van der Waals surface area (Å²) in [6.45, 7) is 15.5. The van der Waals surface area contributed by atoms with Crippen LogP contribution in [0.2, 0.25) is 0 Å². The molecule has 0 N–H and O–H groups in total. The third-order valence-electron chi connectivity index (χ3n) is 10.2. The van der Waals surface area contributed by atoms with Gasteiger partial charge in [0.1, 0.15) is 22.9 Å². The fourth-order valence-corrected chi connectivity index (χ4v) is 7.15. The quantitative estimate of drug-likeness (QED) is 0.0851. The molecule has 0 bridgehead atoms. The number of oxazole rings is 2. The molecule has 0 amide bonds. The maximum Gasteiger partial charge on any atom is 0.256 e. The van der Waals surface area contributed by atoms with E-state index in [1.807, 2.05) is 212 Å². The molecule has 6 nitrogen and oxygen atoms in total. The van der Waals surface area contributed by atoms with Crippen molar-refractivity contribution in [2.24, 2.45) is 0 Å². The van der Waals surface area contributed by atoms with Crippen molar-refractivity contribution in [1.29, 1.82) is 0 Å². The number of benzene rings is 7. The van der Waals surface area contributed by atoms with E-state index < -0.39 is 0 Å². The molecule has 38 heteroatoms. The summed E-state index contributed by atoms with van der Waals surface area (Å²) in [4.78, 5) is 20.2. The molecule has 0 fully saturated rings. The number of thioether (sulfide) groups is 1. The fraction of sp³-hybridized carbons (Fsp3) is 0.120. The summed E-state index contributed by atoms with van der Waals surface area (Å²) in [5.41, 5.74) is 11.5. The zero-order valence-corrected chi connectivity index (χ0v) is 161. The second-order valence-corrected chi connectivity index (χ2v) is 15.8. The Morgan fingerprint density at radius 2 is 0.504 bits per heavy atom. The van der Waals surface area contributed by atoms with Crippen LogP contribution >= 0.6 is 11.8 Å². The van der Waals surface area contributed by atoms with Crippen LogP contribution in [0, 0.1) is 117 Å². The van der Waals surface area contributed by atoms with Crippen LogP contribution < -0.4 is 0 Å². The van der Waals surface area contributed by atoms with Gasteiger partial charge < -0.3 is 110 Å². The first-order valence-corrected chi connectivity index (χ1v) is 24.5. The summed E-state index contributed by atoms with van der Waals surface area (Å²) < 4.78 is 17.1. The number of furan rings is 1. The number of nitrogens with zero attached hydrogens (tertiary/aromatic N) is 2. The third-order valence-corrected chi connectivity index (χ3v) is 10.7. The van der Waals surface area contributed by atoms with Crippen molar-refractivity contribution >= 4 is 17.5 Å². The van der Waals surface area contributed by atoms with Gasteiger partial charge in [-0.1, -0.05) is 245 Å². The Hall–Kier alpha value is 26.5. The molecule has 0 spiro atoms. The van der Waals surface area contributed by atoms with Crippen LogP contribution in [0.25, 0.3) is 67.6 Å². The predicted molar refractivity (Wildman–Crippen MR) is 373 cm³/mol. The Morgan fingerprint density at radius 3 is 0.761 bits per heavy atom. The van der Waals surface area contributed by atoms with Gasteiger partial charge >= 0.3 is 0 Å². The zero-order chi connectivity index (χ0) is 49.4. The van der Waals surface area contributed by atoms with Crippen molar-refractivity contribution in [2.75, 3.05) is 6.26 Å². The molecule has 3 heterocycles. The standard InChI is InChI=1S/C16H13NOS.C16H13NO.C14H12O.C12H12O.2C2H6.13CH3.31Y/c1-19-16-17-14(12-8-4-2-5-9-12)15(18-16)13-10-6-3-7-11-13;1-12-17-15(13-8-4-2-5-9-13)16(18-12)14-10-6-3-7-11-14;1-11(15)12-7-9-14(10-8-12)13-5-3-2-4-6-13;1-9-3-6-11(7-4-9)12-8-5-10(2)13-12;2*1-2;;;;;;;;;;;;;;;;;;;;;;;;;;;;;;;;;;;;;;;;;;;;/h2-11H,1H3;2-11H,1H3;2-10H,1H3;3-8H,1-2H3;2*1-2H3;13*1H3;;;;;;;;;;;;;;;;;;;;;;;;;;;;;;;/q;;;;;;13*-1;;;;;;;;;;;;;;;;;;;;;;;;;;;;;;;. The number of carbonyl (C=O) groups is 1. The van der Waals surface area contributed by atoms with Gasteiger partial charge in [-0.25, -0.2) is 9.97 Å². The Morgan fingerprint density at radius 1 is 0.265 bits per heavy atom. The van der Waals surface area contributed by atoms with E-state index in [4.69, 9.17) is 13.3 Å². The van der Waals surface area contributed by atoms with E-state index >= 15 is 0 Å². The first-order chi connectivity index (χ1) is 33.7. The normalized spacial score (nSPS) is 6.06. The molecule has 10 aromatic rings. The van der Waals surface area contributed by atoms with Gasteiger partial charge in [0.05, 0.1) is 0 Å². The van der Waals surface area contributed by atoms with Crippen molar-refractivity contribution in [3.05, 3.63) is 332 Å². The van der Waals surface area contributed by atoms with E-state index in [2.05, 4.69) is 65.4 Å². The van der Waals surface area contributed by atoms with Gasteiger partial charge in [0.25, 0.3) is 5.22 Å². The third kappa shape index (κ3) is 115. The van der Waals surface area contributed by atoms with Crippen molar-refractivity contribution in [3.63, 3.8) is 0 Å². The van der Waals surface area contributed by atoms with Crippen LogP contribution in [0.1, 0.15) is 62.2 Å². The van der Waals surface area contributed by atoms with Crippen molar-refractivity contribution in [1.82, 2.24) is 9.97 Å². The molecule has 547 valence electrons. The maximum absolute atomic E-state index is 11.1. The average molecular weight is 3880 g/mol. The predicted octanol–water partition coefficient (Wildman–Crippen LogP) is 24.0. The van der Waals surface area contributed by atoms with Crippen LogP contribution in [0.5, 0.6) is 0 Å². The fourth-order valence-electron chi connectivity index (χ4n) is 6.80.